The zero-order valence-electron chi connectivity index (χ0n) is 33.6. The number of hydrogen-bond donors (Lipinski definition) is 0. The Morgan fingerprint density at radius 3 is 1.35 bits per heavy atom. The first-order valence-corrected chi connectivity index (χ1v) is 22.5. The predicted octanol–water partition coefficient (Wildman–Crippen LogP) is 3.61. The molecule has 5 aromatic rings. The number of benzene rings is 4. The summed E-state index contributed by atoms with van der Waals surface area (Å²) in [5.74, 6) is 2.17. The molecule has 0 atom stereocenters. The molecule has 0 N–H and O–H groups in total. The van der Waals surface area contributed by atoms with E-state index in [2.05, 4.69) is 144 Å². The van der Waals surface area contributed by atoms with E-state index in [4.69, 9.17) is 9.97 Å². The molecule has 10 heteroatoms. The number of anilines is 2. The molecule has 0 unspecified atom stereocenters. The number of rotatable bonds is 18. The standard InChI is InChI=1S/C47H60N6S2.2BrH/c1-41-38-46(54-36-16-14-30-52(39-42-18-6-2-7-19-42)32-26-50(27-33-52)44-22-10-4-11-23-44)49-47(48-41)55-37-17-15-31-53(40-43-20-8-3-9-21-43)34-28-51(29-35-53)45-24-12-5-13-25-45;;/h2-13,18-25,38H,14-17,26-37,39-40H2,1H3;2*1H/q+2;;/p-2. The fourth-order valence-corrected chi connectivity index (χ4v) is 10.4. The minimum absolute atomic E-state index is 0. The fourth-order valence-electron chi connectivity index (χ4n) is 8.53. The van der Waals surface area contributed by atoms with Crippen LogP contribution in [0.4, 0.5) is 11.4 Å². The first-order chi connectivity index (χ1) is 27.1. The van der Waals surface area contributed by atoms with Crippen LogP contribution in [-0.4, -0.2) is 95.9 Å². The van der Waals surface area contributed by atoms with Crippen molar-refractivity contribution >= 4 is 34.9 Å². The van der Waals surface area contributed by atoms with E-state index in [1.165, 1.54) is 96.4 Å². The molecule has 3 heterocycles. The number of halogens is 2. The molecule has 0 radical (unpaired) electrons. The second-order valence-corrected chi connectivity index (χ2v) is 17.9. The first kappa shape index (κ1) is 45.2. The van der Waals surface area contributed by atoms with E-state index in [0.717, 1.165) is 66.7 Å². The summed E-state index contributed by atoms with van der Waals surface area (Å²) in [7, 11) is 0. The Morgan fingerprint density at radius 2 is 0.912 bits per heavy atom. The fraction of sp³-hybridized carbons (Fsp3) is 0.404. The highest BCUT2D eigenvalue weighted by Gasteiger charge is 2.34. The number of hydrogen-bond acceptors (Lipinski definition) is 6. The molecule has 57 heavy (non-hydrogen) atoms. The van der Waals surface area contributed by atoms with Crippen LogP contribution >= 0.6 is 23.5 Å². The van der Waals surface area contributed by atoms with Crippen molar-refractivity contribution in [1.29, 1.82) is 0 Å². The second-order valence-electron chi connectivity index (χ2n) is 15.7. The van der Waals surface area contributed by atoms with Gasteiger partial charge >= 0.3 is 0 Å². The van der Waals surface area contributed by atoms with Crippen molar-refractivity contribution in [3.8, 4) is 0 Å². The number of piperazine rings is 2. The third kappa shape index (κ3) is 13.6. The number of thioether (sulfide) groups is 2. The Bertz CT molecular complexity index is 1720. The minimum atomic E-state index is 0. The van der Waals surface area contributed by atoms with Gasteiger partial charge in [0.05, 0.1) is 65.4 Å². The van der Waals surface area contributed by atoms with Crippen LogP contribution in [0, 0.1) is 6.92 Å². The molecule has 0 spiro atoms. The summed E-state index contributed by atoms with van der Waals surface area (Å²) in [4.78, 5) is 15.0. The topological polar surface area (TPSA) is 32.3 Å². The van der Waals surface area contributed by atoms with Gasteiger partial charge < -0.3 is 52.7 Å². The summed E-state index contributed by atoms with van der Waals surface area (Å²) >= 11 is 3.75. The molecule has 0 aliphatic carbocycles. The van der Waals surface area contributed by atoms with E-state index < -0.39 is 0 Å². The first-order valence-electron chi connectivity index (χ1n) is 20.5. The Labute approximate surface area is 372 Å². The predicted molar refractivity (Wildman–Crippen MR) is 234 cm³/mol. The van der Waals surface area contributed by atoms with E-state index in [0.29, 0.717) is 0 Å². The van der Waals surface area contributed by atoms with E-state index in [1.807, 2.05) is 23.5 Å². The van der Waals surface area contributed by atoms with Crippen molar-refractivity contribution in [2.75, 3.05) is 86.8 Å². The lowest BCUT2D eigenvalue weighted by atomic mass is 10.1. The van der Waals surface area contributed by atoms with Crippen LogP contribution in [0.3, 0.4) is 0 Å². The molecule has 2 aliphatic heterocycles. The molecular formula is C47H60Br2N6S2. The average Bonchev–Trinajstić information content (AvgIpc) is 3.22. The third-order valence-corrected chi connectivity index (χ3v) is 13.6. The van der Waals surface area contributed by atoms with Crippen LogP contribution in [-0.2, 0) is 13.1 Å². The number of unbranched alkanes of at least 4 members (excludes halogenated alkanes) is 2. The second kappa shape index (κ2) is 23.1. The van der Waals surface area contributed by atoms with Gasteiger partial charge in [-0.05, 0) is 68.7 Å². The van der Waals surface area contributed by atoms with Crippen LogP contribution in [0.15, 0.2) is 138 Å². The van der Waals surface area contributed by atoms with Crippen LogP contribution in [0.1, 0.15) is 42.5 Å². The SMILES string of the molecule is Cc1cc(SCCCC[N+]2(Cc3ccccc3)CCN(c3ccccc3)CC2)nc(SCCCC[N+]2(Cc3ccccc3)CCN(c3ccccc3)CC2)n1.[Br-].[Br-]. The summed E-state index contributed by atoms with van der Waals surface area (Å²) < 4.78 is 2.36. The van der Waals surface area contributed by atoms with Crippen molar-refractivity contribution in [1.82, 2.24) is 9.97 Å². The molecule has 2 fully saturated rings. The van der Waals surface area contributed by atoms with Crippen LogP contribution in [0.5, 0.6) is 0 Å². The largest absolute Gasteiger partial charge is 1.00 e. The van der Waals surface area contributed by atoms with Crippen LogP contribution < -0.4 is 43.8 Å². The minimum Gasteiger partial charge on any atom is -1.00 e. The Morgan fingerprint density at radius 1 is 0.509 bits per heavy atom. The Hall–Kier alpha value is -2.86. The summed E-state index contributed by atoms with van der Waals surface area (Å²) in [6, 6.07) is 46.3. The van der Waals surface area contributed by atoms with E-state index in [9.17, 15) is 0 Å². The molecule has 4 aromatic carbocycles. The molecule has 6 nitrogen and oxygen atoms in total. The third-order valence-electron chi connectivity index (χ3n) is 11.7. The normalized spacial score (nSPS) is 16.0. The van der Waals surface area contributed by atoms with Crippen molar-refractivity contribution < 1.29 is 42.9 Å². The summed E-state index contributed by atoms with van der Waals surface area (Å²) in [6.45, 7) is 16.1. The monoisotopic (exact) mass is 930 g/mol. The van der Waals surface area contributed by atoms with Gasteiger partial charge in [-0.1, -0.05) is 109 Å². The highest BCUT2D eigenvalue weighted by Crippen LogP contribution is 2.28. The lowest BCUT2D eigenvalue weighted by molar-refractivity contribution is -0.941. The maximum Gasteiger partial charge on any atom is 0.188 e. The lowest BCUT2D eigenvalue weighted by Crippen LogP contribution is -3.00. The summed E-state index contributed by atoms with van der Waals surface area (Å²) in [6.07, 6.45) is 4.87. The van der Waals surface area contributed by atoms with Gasteiger partial charge in [-0.25, -0.2) is 9.97 Å². The van der Waals surface area contributed by atoms with Crippen molar-refractivity contribution in [3.05, 3.63) is 144 Å². The van der Waals surface area contributed by atoms with Crippen molar-refractivity contribution in [2.24, 2.45) is 0 Å². The van der Waals surface area contributed by atoms with Gasteiger partial charge in [0.15, 0.2) is 5.16 Å². The molecule has 0 saturated carbocycles. The average molecular weight is 933 g/mol. The van der Waals surface area contributed by atoms with Gasteiger partial charge in [0.25, 0.3) is 0 Å². The van der Waals surface area contributed by atoms with Gasteiger partial charge in [0, 0.05) is 33.9 Å². The Balaban J connectivity index is 0.00000310. The highest BCUT2D eigenvalue weighted by molar-refractivity contribution is 7.99. The van der Waals surface area contributed by atoms with Gasteiger partial charge in [0.2, 0.25) is 0 Å². The van der Waals surface area contributed by atoms with Gasteiger partial charge in [0.1, 0.15) is 18.1 Å². The maximum absolute atomic E-state index is 5.02. The molecule has 304 valence electrons. The van der Waals surface area contributed by atoms with Gasteiger partial charge in [-0.15, -0.1) is 11.8 Å². The zero-order chi connectivity index (χ0) is 37.6. The number of quaternary nitrogens is 2. The van der Waals surface area contributed by atoms with Gasteiger partial charge in [-0.2, -0.15) is 0 Å². The number of para-hydroxylation sites is 2. The van der Waals surface area contributed by atoms with Crippen molar-refractivity contribution in [2.45, 2.75) is 55.9 Å². The summed E-state index contributed by atoms with van der Waals surface area (Å²) in [5, 5.41) is 2.07. The van der Waals surface area contributed by atoms with Crippen LogP contribution in [0.2, 0.25) is 0 Å². The quantitative estimate of drug-likeness (QED) is 0.0440. The molecule has 7 rings (SSSR count). The van der Waals surface area contributed by atoms with Crippen molar-refractivity contribution in [3.63, 3.8) is 0 Å². The van der Waals surface area contributed by atoms with Crippen LogP contribution in [0.25, 0.3) is 0 Å². The summed E-state index contributed by atoms with van der Waals surface area (Å²) in [5.41, 5.74) is 6.71. The van der Waals surface area contributed by atoms with E-state index in [1.54, 1.807) is 0 Å². The smallest absolute Gasteiger partial charge is 0.188 e. The molecule has 0 bridgehead atoms. The molecule has 1 aromatic heterocycles. The maximum atomic E-state index is 5.02. The Kier molecular flexibility index (Phi) is 18.3. The molecule has 2 saturated heterocycles. The number of aromatic nitrogens is 2. The molecule has 0 amide bonds. The lowest BCUT2D eigenvalue weighted by Gasteiger charge is -2.46. The van der Waals surface area contributed by atoms with Gasteiger partial charge in [-0.3, -0.25) is 0 Å². The zero-order valence-corrected chi connectivity index (χ0v) is 38.4. The molecule has 2 aliphatic rings. The van der Waals surface area contributed by atoms with E-state index >= 15 is 0 Å². The number of aryl methyl sites for hydroxylation is 1. The highest BCUT2D eigenvalue weighted by atomic mass is 79.9. The molecular weight excluding hydrogens is 873 g/mol. The number of nitrogens with zero attached hydrogens (tertiary/aromatic N) is 6. The van der Waals surface area contributed by atoms with E-state index in [-0.39, 0.29) is 34.0 Å².